The van der Waals surface area contributed by atoms with Crippen molar-refractivity contribution in [1.29, 1.82) is 0 Å². The highest BCUT2D eigenvalue weighted by Gasteiger charge is 2.27. The van der Waals surface area contributed by atoms with Crippen LogP contribution in [0.25, 0.3) is 10.9 Å². The highest BCUT2D eigenvalue weighted by molar-refractivity contribution is 6.08. The molecular formula is C22H31N3O2. The molecule has 1 saturated heterocycles. The predicted octanol–water partition coefficient (Wildman–Crippen LogP) is 3.76. The summed E-state index contributed by atoms with van der Waals surface area (Å²) >= 11 is 0. The average Bonchev–Trinajstić information content (AvgIpc) is 3.12. The van der Waals surface area contributed by atoms with Crippen molar-refractivity contribution in [3.8, 4) is 0 Å². The molecule has 2 N–H and O–H groups in total. The molecule has 1 fully saturated rings. The molecule has 5 heteroatoms. The van der Waals surface area contributed by atoms with Crippen molar-refractivity contribution in [1.82, 2.24) is 15.2 Å². The van der Waals surface area contributed by atoms with Gasteiger partial charge in [-0.1, -0.05) is 44.4 Å². The minimum atomic E-state index is 0.000643. The van der Waals surface area contributed by atoms with E-state index in [0.29, 0.717) is 13.1 Å². The number of carbonyl (C=O) groups is 2. The van der Waals surface area contributed by atoms with Gasteiger partial charge in [0.15, 0.2) is 5.78 Å². The largest absolute Gasteiger partial charge is 0.360 e. The van der Waals surface area contributed by atoms with Gasteiger partial charge in [-0.25, -0.2) is 0 Å². The Hall–Kier alpha value is -2.14. The van der Waals surface area contributed by atoms with Crippen molar-refractivity contribution in [2.75, 3.05) is 26.2 Å². The number of hydrogen-bond donors (Lipinski definition) is 2. The number of unbranched alkanes of at least 4 members (excludes halogenated alkanes) is 3. The minimum Gasteiger partial charge on any atom is -0.360 e. The summed E-state index contributed by atoms with van der Waals surface area (Å²) < 4.78 is 0. The van der Waals surface area contributed by atoms with E-state index in [1.165, 1.54) is 19.3 Å². The van der Waals surface area contributed by atoms with Gasteiger partial charge in [0.05, 0.1) is 12.5 Å². The Morgan fingerprint density at radius 2 is 2.07 bits per heavy atom. The molecule has 1 aliphatic heterocycles. The number of H-pyrrole nitrogens is 1. The fourth-order valence-electron chi connectivity index (χ4n) is 3.91. The van der Waals surface area contributed by atoms with E-state index in [2.05, 4.69) is 22.1 Å². The zero-order valence-electron chi connectivity index (χ0n) is 16.3. The fraction of sp³-hybridized carbons (Fsp3) is 0.545. The summed E-state index contributed by atoms with van der Waals surface area (Å²) in [7, 11) is 0. The predicted molar refractivity (Wildman–Crippen MR) is 109 cm³/mol. The third-order valence-corrected chi connectivity index (χ3v) is 5.46. The molecule has 0 saturated carbocycles. The number of nitrogens with one attached hydrogen (secondary N) is 2. The van der Waals surface area contributed by atoms with E-state index in [9.17, 15) is 9.59 Å². The van der Waals surface area contributed by atoms with Crippen molar-refractivity contribution in [2.24, 2.45) is 5.92 Å². The lowest BCUT2D eigenvalue weighted by atomic mass is 9.96. The number of para-hydroxylation sites is 1. The second kappa shape index (κ2) is 9.70. The van der Waals surface area contributed by atoms with Gasteiger partial charge in [0.2, 0.25) is 5.91 Å². The summed E-state index contributed by atoms with van der Waals surface area (Å²) in [6.45, 7) is 4.89. The first-order valence-corrected chi connectivity index (χ1v) is 10.3. The second-order valence-electron chi connectivity index (χ2n) is 7.60. The van der Waals surface area contributed by atoms with Gasteiger partial charge in [-0.05, 0) is 31.9 Å². The number of likely N-dealkylation sites (tertiary alicyclic amines) is 1. The van der Waals surface area contributed by atoms with Crippen molar-refractivity contribution < 1.29 is 9.59 Å². The summed E-state index contributed by atoms with van der Waals surface area (Å²) in [5, 5.41) is 4.05. The zero-order valence-corrected chi connectivity index (χ0v) is 16.3. The van der Waals surface area contributed by atoms with Gasteiger partial charge in [-0.3, -0.25) is 14.5 Å². The van der Waals surface area contributed by atoms with Crippen LogP contribution in [-0.2, 0) is 4.79 Å². The molecule has 146 valence electrons. The van der Waals surface area contributed by atoms with E-state index in [1.54, 1.807) is 6.20 Å². The smallest absolute Gasteiger partial charge is 0.224 e. The normalized spacial score (nSPS) is 17.9. The summed E-state index contributed by atoms with van der Waals surface area (Å²) in [6.07, 6.45) is 8.34. The fourth-order valence-corrected chi connectivity index (χ4v) is 3.91. The van der Waals surface area contributed by atoms with Crippen LogP contribution in [0.5, 0.6) is 0 Å². The number of rotatable bonds is 9. The highest BCUT2D eigenvalue weighted by Crippen LogP contribution is 2.21. The van der Waals surface area contributed by atoms with E-state index in [4.69, 9.17) is 0 Å². The summed E-state index contributed by atoms with van der Waals surface area (Å²) in [5.74, 6) is 0.268. The number of aromatic amines is 1. The molecule has 1 unspecified atom stereocenters. The number of fused-ring (bicyclic) bond motifs is 1. The van der Waals surface area contributed by atoms with Crippen LogP contribution in [0, 0.1) is 5.92 Å². The minimum absolute atomic E-state index is 0.000643. The lowest BCUT2D eigenvalue weighted by Crippen LogP contribution is -2.44. The number of hydrogen-bond acceptors (Lipinski definition) is 3. The third kappa shape index (κ3) is 5.19. The lowest BCUT2D eigenvalue weighted by Gasteiger charge is -2.31. The first kappa shape index (κ1) is 19.6. The molecular weight excluding hydrogens is 338 g/mol. The van der Waals surface area contributed by atoms with Crippen molar-refractivity contribution >= 4 is 22.6 Å². The highest BCUT2D eigenvalue weighted by atomic mass is 16.2. The van der Waals surface area contributed by atoms with Crippen LogP contribution < -0.4 is 5.32 Å². The number of benzene rings is 1. The molecule has 0 bridgehead atoms. The van der Waals surface area contributed by atoms with Crippen molar-refractivity contribution in [3.63, 3.8) is 0 Å². The molecule has 1 amide bonds. The van der Waals surface area contributed by atoms with Crippen LogP contribution in [0.1, 0.15) is 55.8 Å². The molecule has 3 rings (SSSR count). The lowest BCUT2D eigenvalue weighted by molar-refractivity contribution is -0.126. The SMILES string of the molecule is CCCCCCNC(=O)C1CCCN(CC(=O)c2c[nH]c3ccccc23)C1. The third-order valence-electron chi connectivity index (χ3n) is 5.46. The van der Waals surface area contributed by atoms with Gasteiger partial charge in [-0.15, -0.1) is 0 Å². The van der Waals surface area contributed by atoms with Crippen LogP contribution in [-0.4, -0.2) is 47.8 Å². The number of amides is 1. The maximum absolute atomic E-state index is 12.8. The Labute approximate surface area is 161 Å². The van der Waals surface area contributed by atoms with Crippen LogP contribution in [0.15, 0.2) is 30.5 Å². The first-order chi connectivity index (χ1) is 13.2. The van der Waals surface area contributed by atoms with Crippen LogP contribution in [0.2, 0.25) is 0 Å². The Morgan fingerprint density at radius 3 is 2.93 bits per heavy atom. The molecule has 0 aliphatic carbocycles. The van der Waals surface area contributed by atoms with Gasteiger partial charge in [-0.2, -0.15) is 0 Å². The number of ketones is 1. The average molecular weight is 370 g/mol. The van der Waals surface area contributed by atoms with Gasteiger partial charge < -0.3 is 10.3 Å². The van der Waals surface area contributed by atoms with E-state index in [0.717, 1.165) is 48.8 Å². The number of nitrogens with zero attached hydrogens (tertiary/aromatic N) is 1. The van der Waals surface area contributed by atoms with Crippen molar-refractivity contribution in [3.05, 3.63) is 36.0 Å². The number of piperidine rings is 1. The topological polar surface area (TPSA) is 65.2 Å². The van der Waals surface area contributed by atoms with Crippen LogP contribution >= 0.6 is 0 Å². The standard InChI is InChI=1S/C22H31N3O2/c1-2-3-4-7-12-23-22(27)17-9-8-13-25(15-17)16-21(26)19-14-24-20-11-6-5-10-18(19)20/h5-6,10-11,14,17,24H,2-4,7-9,12-13,15-16H2,1H3,(H,23,27). The Bertz CT molecular complexity index is 768. The molecule has 5 nitrogen and oxygen atoms in total. The van der Waals surface area contributed by atoms with Crippen LogP contribution in [0.3, 0.4) is 0 Å². The summed E-state index contributed by atoms with van der Waals surface area (Å²) in [4.78, 5) is 30.5. The number of carbonyl (C=O) groups excluding carboxylic acids is 2. The Balaban J connectivity index is 1.50. The monoisotopic (exact) mass is 369 g/mol. The summed E-state index contributed by atoms with van der Waals surface area (Å²) in [6, 6.07) is 7.87. The van der Waals surface area contributed by atoms with E-state index in [1.807, 2.05) is 24.3 Å². The number of aromatic nitrogens is 1. The molecule has 2 heterocycles. The Kier molecular flexibility index (Phi) is 7.04. The molecule has 1 atom stereocenters. The van der Waals surface area contributed by atoms with Gasteiger partial charge in [0.25, 0.3) is 0 Å². The zero-order chi connectivity index (χ0) is 19.1. The molecule has 0 spiro atoms. The second-order valence-corrected chi connectivity index (χ2v) is 7.60. The summed E-state index contributed by atoms with van der Waals surface area (Å²) in [5.41, 5.74) is 1.73. The van der Waals surface area contributed by atoms with E-state index >= 15 is 0 Å². The van der Waals surface area contributed by atoms with Gasteiger partial charge >= 0.3 is 0 Å². The maximum atomic E-state index is 12.8. The quantitative estimate of drug-likeness (QED) is 0.522. The first-order valence-electron chi connectivity index (χ1n) is 10.3. The molecule has 1 aliphatic rings. The molecule has 1 aromatic heterocycles. The van der Waals surface area contributed by atoms with Gasteiger partial charge in [0, 0.05) is 35.8 Å². The van der Waals surface area contributed by atoms with Crippen LogP contribution in [0.4, 0.5) is 0 Å². The Morgan fingerprint density at radius 1 is 1.22 bits per heavy atom. The van der Waals surface area contributed by atoms with E-state index < -0.39 is 0 Å². The van der Waals surface area contributed by atoms with E-state index in [-0.39, 0.29) is 17.6 Å². The molecule has 27 heavy (non-hydrogen) atoms. The van der Waals surface area contributed by atoms with Gasteiger partial charge in [0.1, 0.15) is 0 Å². The molecule has 2 aromatic rings. The number of Topliss-reactive ketones (excluding diaryl/α,β-unsaturated/α-hetero) is 1. The molecule has 0 radical (unpaired) electrons. The maximum Gasteiger partial charge on any atom is 0.224 e. The van der Waals surface area contributed by atoms with Crippen molar-refractivity contribution in [2.45, 2.75) is 45.4 Å². The molecule has 1 aromatic carbocycles.